The number of ketones is 1. The van der Waals surface area contributed by atoms with Crippen LogP contribution >= 0.6 is 0 Å². The number of hydrogen-bond acceptors (Lipinski definition) is 6. The largest absolute Gasteiger partial charge is 0.321 e. The predicted octanol–water partition coefficient (Wildman–Crippen LogP) is 0.0710. The molecule has 0 saturated carbocycles. The molecule has 1 amide bonds. The first-order valence-corrected chi connectivity index (χ1v) is 11.2. The number of fused-ring (bicyclic) bond motifs is 2. The minimum absolute atomic E-state index is 0.0553. The third-order valence-corrected chi connectivity index (χ3v) is 6.51. The summed E-state index contributed by atoms with van der Waals surface area (Å²) < 4.78 is 47.4. The maximum atomic E-state index is 13.1. The molecular weight excluding hydrogens is 418 g/mol. The van der Waals surface area contributed by atoms with Crippen molar-refractivity contribution in [3.63, 3.8) is 0 Å². The van der Waals surface area contributed by atoms with Gasteiger partial charge in [0.2, 0.25) is 20.0 Å². The third-order valence-electron chi connectivity index (χ3n) is 4.59. The van der Waals surface area contributed by atoms with Gasteiger partial charge in [0, 0.05) is 11.1 Å². The topological polar surface area (TPSA) is 166 Å². The van der Waals surface area contributed by atoms with Gasteiger partial charge in [0.25, 0.3) is 5.91 Å². The first-order chi connectivity index (χ1) is 13.5. The summed E-state index contributed by atoms with van der Waals surface area (Å²) in [6.07, 6.45) is 0. The first-order valence-electron chi connectivity index (χ1n) is 8.10. The van der Waals surface area contributed by atoms with Gasteiger partial charge in [-0.2, -0.15) is 0 Å². The number of amides is 1. The molecule has 0 unspecified atom stereocenters. The summed E-state index contributed by atoms with van der Waals surface area (Å²) in [5.74, 6) is -1.34. The molecule has 0 fully saturated rings. The number of nitrogens with one attached hydrogen (secondary N) is 1. The summed E-state index contributed by atoms with van der Waals surface area (Å²) in [7, 11) is -8.28. The smallest absolute Gasteiger partial charge is 0.257 e. The van der Waals surface area contributed by atoms with E-state index in [0.29, 0.717) is 5.56 Å². The van der Waals surface area contributed by atoms with Crippen molar-refractivity contribution < 1.29 is 26.4 Å². The van der Waals surface area contributed by atoms with Gasteiger partial charge < -0.3 is 5.32 Å². The molecule has 0 spiro atoms. The Bertz CT molecular complexity index is 1390. The molecule has 0 aromatic heterocycles. The highest BCUT2D eigenvalue weighted by molar-refractivity contribution is 7.98. The molecule has 1 aliphatic heterocycles. The van der Waals surface area contributed by atoms with E-state index < -0.39 is 36.6 Å². The SMILES string of the molecule is NS(=O)(=O)C1=C2C(=O)NC(c3ccc(S(N)(=O)=O)cc3)=C2C(=O)c2ccccc21. The zero-order valence-electron chi connectivity index (χ0n) is 14.5. The van der Waals surface area contributed by atoms with E-state index >= 15 is 0 Å². The molecule has 5 N–H and O–H groups in total. The van der Waals surface area contributed by atoms with Crippen molar-refractivity contribution in [3.05, 3.63) is 76.4 Å². The predicted molar refractivity (Wildman–Crippen MR) is 104 cm³/mol. The van der Waals surface area contributed by atoms with Crippen LogP contribution in [0.5, 0.6) is 0 Å². The van der Waals surface area contributed by atoms with Crippen LogP contribution in [0.4, 0.5) is 0 Å². The Labute approximate surface area is 165 Å². The van der Waals surface area contributed by atoms with Gasteiger partial charge in [-0.05, 0) is 17.7 Å². The van der Waals surface area contributed by atoms with E-state index in [2.05, 4.69) is 5.32 Å². The molecule has 2 aliphatic rings. The average Bonchev–Trinajstić information content (AvgIpc) is 2.98. The second kappa shape index (κ2) is 6.19. The molecule has 11 heteroatoms. The van der Waals surface area contributed by atoms with Crippen LogP contribution < -0.4 is 15.6 Å². The van der Waals surface area contributed by atoms with Gasteiger partial charge in [-0.3, -0.25) is 9.59 Å². The van der Waals surface area contributed by atoms with Crippen LogP contribution in [0.1, 0.15) is 21.5 Å². The van der Waals surface area contributed by atoms with Crippen LogP contribution in [0.2, 0.25) is 0 Å². The Morgan fingerprint density at radius 1 is 0.724 bits per heavy atom. The quantitative estimate of drug-likeness (QED) is 0.622. The maximum absolute atomic E-state index is 13.1. The van der Waals surface area contributed by atoms with Crippen molar-refractivity contribution in [1.29, 1.82) is 0 Å². The second-order valence-electron chi connectivity index (χ2n) is 6.40. The summed E-state index contributed by atoms with van der Waals surface area (Å²) >= 11 is 0. The maximum Gasteiger partial charge on any atom is 0.257 e. The van der Waals surface area contributed by atoms with Gasteiger partial charge in [0.1, 0.15) is 4.91 Å². The van der Waals surface area contributed by atoms with E-state index in [1.54, 1.807) is 6.07 Å². The molecule has 4 rings (SSSR count). The molecule has 0 saturated heterocycles. The summed E-state index contributed by atoms with van der Waals surface area (Å²) in [5, 5.41) is 12.9. The van der Waals surface area contributed by atoms with Crippen LogP contribution in [0, 0.1) is 0 Å². The van der Waals surface area contributed by atoms with Crippen molar-refractivity contribution >= 4 is 42.3 Å². The highest BCUT2D eigenvalue weighted by Crippen LogP contribution is 2.42. The van der Waals surface area contributed by atoms with E-state index in [9.17, 15) is 26.4 Å². The molecule has 9 nitrogen and oxygen atoms in total. The third kappa shape index (κ3) is 3.00. The Morgan fingerprint density at radius 2 is 1.31 bits per heavy atom. The number of sulfonamides is 2. The Morgan fingerprint density at radius 3 is 1.86 bits per heavy atom. The van der Waals surface area contributed by atoms with E-state index in [4.69, 9.17) is 10.3 Å². The minimum atomic E-state index is -4.34. The highest BCUT2D eigenvalue weighted by Gasteiger charge is 2.43. The zero-order valence-corrected chi connectivity index (χ0v) is 16.2. The number of primary sulfonamides is 2. The summed E-state index contributed by atoms with van der Waals surface area (Å²) in [6, 6.07) is 11.1. The fourth-order valence-electron chi connectivity index (χ4n) is 3.39. The molecular formula is C18H13N3O6S2. The van der Waals surface area contributed by atoms with Gasteiger partial charge in [-0.15, -0.1) is 0 Å². The number of nitrogens with two attached hydrogens (primary N) is 2. The first kappa shape index (κ1) is 19.2. The molecule has 29 heavy (non-hydrogen) atoms. The van der Waals surface area contributed by atoms with Crippen molar-refractivity contribution in [1.82, 2.24) is 5.32 Å². The number of benzene rings is 2. The van der Waals surface area contributed by atoms with Crippen LogP contribution in [-0.2, 0) is 24.8 Å². The van der Waals surface area contributed by atoms with E-state index in [1.807, 2.05) is 0 Å². The van der Waals surface area contributed by atoms with Crippen LogP contribution in [0.3, 0.4) is 0 Å². The van der Waals surface area contributed by atoms with Gasteiger partial charge in [0.15, 0.2) is 5.78 Å². The molecule has 148 valence electrons. The van der Waals surface area contributed by atoms with Crippen LogP contribution in [0.25, 0.3) is 10.6 Å². The number of carbonyl (C=O) groups excluding carboxylic acids is 2. The van der Waals surface area contributed by atoms with Gasteiger partial charge in [-0.25, -0.2) is 27.1 Å². The fourth-order valence-corrected chi connectivity index (χ4v) is 4.87. The normalized spacial score (nSPS) is 16.6. The van der Waals surface area contributed by atoms with E-state index in [-0.39, 0.29) is 32.9 Å². The van der Waals surface area contributed by atoms with Crippen molar-refractivity contribution in [2.45, 2.75) is 4.90 Å². The lowest BCUT2D eigenvalue weighted by Crippen LogP contribution is -2.26. The fraction of sp³-hybridized carbons (Fsp3) is 0. The van der Waals surface area contributed by atoms with Crippen molar-refractivity contribution in [2.24, 2.45) is 10.3 Å². The Kier molecular flexibility index (Phi) is 4.10. The standard InChI is InChI=1S/C18H13N3O6S2/c19-28(24,25)10-7-5-9(6-8-10)15-13-14(18(23)21-15)17(29(20,26)27)12-4-2-1-3-11(12)16(13)22/h1-8H,(H,21,23)(H2,19,24,25)(H2,20,26,27). The lowest BCUT2D eigenvalue weighted by molar-refractivity contribution is -0.115. The molecule has 1 aliphatic carbocycles. The number of hydrogen-bond donors (Lipinski definition) is 3. The van der Waals surface area contributed by atoms with Crippen LogP contribution in [-0.4, -0.2) is 28.5 Å². The van der Waals surface area contributed by atoms with Crippen molar-refractivity contribution in [3.8, 4) is 0 Å². The zero-order chi connectivity index (χ0) is 21.1. The van der Waals surface area contributed by atoms with Gasteiger partial charge in [0.05, 0.1) is 21.7 Å². The van der Waals surface area contributed by atoms with Gasteiger partial charge in [-0.1, -0.05) is 36.4 Å². The Balaban J connectivity index is 2.03. The summed E-state index contributed by atoms with van der Waals surface area (Å²) in [4.78, 5) is 25.1. The molecule has 0 radical (unpaired) electrons. The molecule has 2 aromatic rings. The van der Waals surface area contributed by atoms with Crippen molar-refractivity contribution in [2.75, 3.05) is 0 Å². The lowest BCUT2D eigenvalue weighted by atomic mass is 9.86. The summed E-state index contributed by atoms with van der Waals surface area (Å²) in [5.41, 5.74) is 0.0387. The molecule has 2 aromatic carbocycles. The molecule has 1 heterocycles. The second-order valence-corrected chi connectivity index (χ2v) is 9.46. The number of carbonyl (C=O) groups is 2. The molecule has 0 bridgehead atoms. The minimum Gasteiger partial charge on any atom is -0.321 e. The molecule has 0 atom stereocenters. The van der Waals surface area contributed by atoms with Gasteiger partial charge >= 0.3 is 0 Å². The number of Topliss-reactive ketones (excluding diaryl/α,β-unsaturated/α-hetero) is 1. The lowest BCUT2D eigenvalue weighted by Gasteiger charge is -2.19. The average molecular weight is 431 g/mol. The van der Waals surface area contributed by atoms with E-state index in [0.717, 1.165) is 0 Å². The Hall–Kier alpha value is -3.12. The van der Waals surface area contributed by atoms with Crippen LogP contribution in [0.15, 0.2) is 64.6 Å². The monoisotopic (exact) mass is 431 g/mol. The van der Waals surface area contributed by atoms with E-state index in [1.165, 1.54) is 42.5 Å². The highest BCUT2D eigenvalue weighted by atomic mass is 32.2. The number of rotatable bonds is 3. The summed E-state index contributed by atoms with van der Waals surface area (Å²) in [6.45, 7) is 0.